The van der Waals surface area contributed by atoms with Crippen molar-refractivity contribution in [1.29, 1.82) is 0 Å². The Kier molecular flexibility index (Phi) is 3.39. The number of halogens is 1. The lowest BCUT2D eigenvalue weighted by Crippen LogP contribution is -2.01. The highest BCUT2D eigenvalue weighted by molar-refractivity contribution is 9.10. The minimum absolute atomic E-state index is 0.146. The summed E-state index contributed by atoms with van der Waals surface area (Å²) < 4.78 is 2.64. The first-order chi connectivity index (χ1) is 10.1. The van der Waals surface area contributed by atoms with E-state index in [-0.39, 0.29) is 5.56 Å². The Morgan fingerprint density at radius 1 is 1.14 bits per heavy atom. The third-order valence-electron chi connectivity index (χ3n) is 3.28. The minimum Gasteiger partial charge on any atom is -0.383 e. The molecule has 1 aromatic carbocycles. The maximum Gasteiger partial charge on any atom is 0.247 e. The van der Waals surface area contributed by atoms with Crippen LogP contribution in [0, 0.1) is 0 Å². The summed E-state index contributed by atoms with van der Waals surface area (Å²) in [5, 5.41) is 4.47. The van der Waals surface area contributed by atoms with Crippen molar-refractivity contribution in [2.45, 2.75) is 0 Å². The normalized spacial score (nSPS) is 10.8. The summed E-state index contributed by atoms with van der Waals surface area (Å²) in [6.07, 6.45) is 1.65. The number of pyridine rings is 1. The van der Waals surface area contributed by atoms with Gasteiger partial charge < -0.3 is 10.7 Å². The number of aromatic nitrogens is 3. The minimum atomic E-state index is -0.146. The summed E-state index contributed by atoms with van der Waals surface area (Å²) in [6, 6.07) is 11.1. The summed E-state index contributed by atoms with van der Waals surface area (Å²) in [6.45, 7) is 0. The summed E-state index contributed by atoms with van der Waals surface area (Å²) in [5.41, 5.74) is 9.41. The predicted octanol–water partition coefficient (Wildman–Crippen LogP) is 2.79. The highest BCUT2D eigenvalue weighted by atomic mass is 79.9. The Balaban J connectivity index is 2.22. The largest absolute Gasteiger partial charge is 0.383 e. The van der Waals surface area contributed by atoms with Gasteiger partial charge in [0.25, 0.3) is 0 Å². The molecule has 3 N–H and O–H groups in total. The van der Waals surface area contributed by atoms with E-state index in [2.05, 4.69) is 26.0 Å². The highest BCUT2D eigenvalue weighted by Crippen LogP contribution is 2.35. The predicted molar refractivity (Wildman–Crippen MR) is 86.8 cm³/mol. The second-order valence-corrected chi connectivity index (χ2v) is 5.60. The van der Waals surface area contributed by atoms with Crippen molar-refractivity contribution < 1.29 is 0 Å². The number of aryl methyl sites for hydroxylation is 1. The zero-order chi connectivity index (χ0) is 15.0. The fourth-order valence-electron chi connectivity index (χ4n) is 2.20. The van der Waals surface area contributed by atoms with Crippen LogP contribution in [0.4, 0.5) is 5.82 Å². The van der Waals surface area contributed by atoms with Crippen LogP contribution >= 0.6 is 15.9 Å². The first-order valence-corrected chi connectivity index (χ1v) is 7.13. The maximum absolute atomic E-state index is 11.2. The maximum atomic E-state index is 11.2. The van der Waals surface area contributed by atoms with Gasteiger partial charge in [-0.2, -0.15) is 5.10 Å². The lowest BCUT2D eigenvalue weighted by molar-refractivity contribution is 0.782. The number of nitrogens with zero attached hydrogens (tertiary/aromatic N) is 2. The second-order valence-electron chi connectivity index (χ2n) is 4.68. The van der Waals surface area contributed by atoms with Crippen LogP contribution in [0.5, 0.6) is 0 Å². The molecule has 0 atom stereocenters. The fraction of sp³-hybridized carbons (Fsp3) is 0.0667. The van der Waals surface area contributed by atoms with Crippen molar-refractivity contribution in [3.8, 4) is 22.4 Å². The van der Waals surface area contributed by atoms with Crippen LogP contribution in [0.2, 0.25) is 0 Å². The van der Waals surface area contributed by atoms with E-state index in [1.807, 2.05) is 24.3 Å². The third-order valence-corrected chi connectivity index (χ3v) is 3.81. The number of benzene rings is 1. The van der Waals surface area contributed by atoms with Gasteiger partial charge >= 0.3 is 0 Å². The van der Waals surface area contributed by atoms with Crippen LogP contribution in [0.25, 0.3) is 22.4 Å². The van der Waals surface area contributed by atoms with E-state index in [1.165, 1.54) is 6.07 Å². The molecular formula is C15H13BrN4O. The van der Waals surface area contributed by atoms with Crippen molar-refractivity contribution in [3.05, 3.63) is 57.4 Å². The molecule has 0 saturated heterocycles. The van der Waals surface area contributed by atoms with Gasteiger partial charge in [-0.25, -0.2) is 0 Å². The number of rotatable bonds is 2. The highest BCUT2D eigenvalue weighted by Gasteiger charge is 2.17. The standard InChI is InChI=1S/C15H13BrN4O/c1-20-15(17)13(9-2-5-11(16)6-3-9)14(19-20)10-4-7-12(21)18-8-10/h2-8H,17H2,1H3,(H,18,21). The number of nitrogens with one attached hydrogen (secondary N) is 1. The number of aromatic amines is 1. The molecule has 0 amide bonds. The first-order valence-electron chi connectivity index (χ1n) is 6.34. The van der Waals surface area contributed by atoms with Crippen LogP contribution < -0.4 is 11.3 Å². The molecule has 3 rings (SSSR count). The Morgan fingerprint density at radius 3 is 2.43 bits per heavy atom. The van der Waals surface area contributed by atoms with E-state index in [0.29, 0.717) is 5.82 Å². The van der Waals surface area contributed by atoms with Gasteiger partial charge in [0.15, 0.2) is 0 Å². The van der Waals surface area contributed by atoms with Gasteiger partial charge in [-0.3, -0.25) is 9.48 Å². The Bertz CT molecular complexity index is 829. The molecule has 0 saturated carbocycles. The van der Waals surface area contributed by atoms with E-state index >= 15 is 0 Å². The van der Waals surface area contributed by atoms with Crippen LogP contribution in [-0.2, 0) is 7.05 Å². The fourth-order valence-corrected chi connectivity index (χ4v) is 2.46. The molecule has 106 valence electrons. The summed E-state index contributed by atoms with van der Waals surface area (Å²) in [7, 11) is 1.80. The van der Waals surface area contributed by atoms with Gasteiger partial charge in [-0.15, -0.1) is 0 Å². The number of H-pyrrole nitrogens is 1. The lowest BCUT2D eigenvalue weighted by atomic mass is 10.0. The second kappa shape index (κ2) is 5.21. The Hall–Kier alpha value is -2.34. The van der Waals surface area contributed by atoms with Gasteiger partial charge in [0.2, 0.25) is 5.56 Å². The van der Waals surface area contributed by atoms with Gasteiger partial charge in [0.1, 0.15) is 11.5 Å². The topological polar surface area (TPSA) is 76.7 Å². The summed E-state index contributed by atoms with van der Waals surface area (Å²) in [5.74, 6) is 0.582. The molecule has 0 unspecified atom stereocenters. The number of anilines is 1. The van der Waals surface area contributed by atoms with E-state index in [1.54, 1.807) is 24.0 Å². The van der Waals surface area contributed by atoms with Gasteiger partial charge in [-0.05, 0) is 23.8 Å². The number of hydrogen-bond acceptors (Lipinski definition) is 3. The number of hydrogen-bond donors (Lipinski definition) is 2. The van der Waals surface area contributed by atoms with Crippen LogP contribution in [0.15, 0.2) is 51.9 Å². The van der Waals surface area contributed by atoms with Crippen molar-refractivity contribution >= 4 is 21.7 Å². The van der Waals surface area contributed by atoms with Crippen LogP contribution in [0.3, 0.4) is 0 Å². The van der Waals surface area contributed by atoms with Crippen molar-refractivity contribution in [2.24, 2.45) is 7.05 Å². The monoisotopic (exact) mass is 344 g/mol. The molecule has 2 aromatic heterocycles. The van der Waals surface area contributed by atoms with Crippen molar-refractivity contribution in [3.63, 3.8) is 0 Å². The smallest absolute Gasteiger partial charge is 0.247 e. The van der Waals surface area contributed by atoms with Gasteiger partial charge in [-0.1, -0.05) is 28.1 Å². The van der Waals surface area contributed by atoms with Crippen LogP contribution in [-0.4, -0.2) is 14.8 Å². The molecule has 6 heteroatoms. The Morgan fingerprint density at radius 2 is 1.81 bits per heavy atom. The molecule has 0 aliphatic carbocycles. The molecule has 0 fully saturated rings. The van der Waals surface area contributed by atoms with Crippen molar-refractivity contribution in [2.75, 3.05) is 5.73 Å². The first kappa shape index (κ1) is 13.6. The lowest BCUT2D eigenvalue weighted by Gasteiger charge is -2.04. The zero-order valence-electron chi connectivity index (χ0n) is 11.3. The molecule has 0 bridgehead atoms. The van der Waals surface area contributed by atoms with E-state index in [4.69, 9.17) is 5.73 Å². The molecule has 0 spiro atoms. The Labute approximate surface area is 129 Å². The molecule has 3 aromatic rings. The zero-order valence-corrected chi connectivity index (χ0v) is 12.9. The average molecular weight is 345 g/mol. The molecule has 0 aliphatic rings. The SMILES string of the molecule is Cn1nc(-c2ccc(=O)[nH]c2)c(-c2ccc(Br)cc2)c1N. The van der Waals surface area contributed by atoms with Crippen LogP contribution in [0.1, 0.15) is 0 Å². The summed E-state index contributed by atoms with van der Waals surface area (Å²) >= 11 is 3.42. The van der Waals surface area contributed by atoms with E-state index in [9.17, 15) is 4.79 Å². The van der Waals surface area contributed by atoms with E-state index in [0.717, 1.165) is 26.9 Å². The summed E-state index contributed by atoms with van der Waals surface area (Å²) in [4.78, 5) is 13.9. The molecule has 2 heterocycles. The van der Waals surface area contributed by atoms with Gasteiger partial charge in [0.05, 0.1) is 5.56 Å². The van der Waals surface area contributed by atoms with Crippen molar-refractivity contribution in [1.82, 2.24) is 14.8 Å². The number of nitrogens with two attached hydrogens (primary N) is 1. The number of nitrogen functional groups attached to an aromatic ring is 1. The molecule has 5 nitrogen and oxygen atoms in total. The molecule has 0 radical (unpaired) electrons. The van der Waals surface area contributed by atoms with Gasteiger partial charge in [0, 0.05) is 29.3 Å². The molecular weight excluding hydrogens is 332 g/mol. The average Bonchev–Trinajstić information content (AvgIpc) is 2.77. The third kappa shape index (κ3) is 2.50. The molecule has 21 heavy (non-hydrogen) atoms. The molecule has 0 aliphatic heterocycles. The quantitative estimate of drug-likeness (QED) is 0.750. The van der Waals surface area contributed by atoms with E-state index < -0.39 is 0 Å².